The summed E-state index contributed by atoms with van der Waals surface area (Å²) in [4.78, 5) is 25.3. The molecule has 2 amide bonds. The van der Waals surface area contributed by atoms with Crippen LogP contribution in [0.4, 0.5) is 0 Å². The number of hydrogen-bond donors (Lipinski definition) is 2. The number of ether oxygens (including phenoxy) is 1. The van der Waals surface area contributed by atoms with Gasteiger partial charge in [0.15, 0.2) is 15.8 Å². The standard InChI is InChI=1S/C18H13ClN2O4S2/c1-25-14-8-10(6-7-13(14)22)9-15-17(24)21(18(26)27-15)20-16(23)11-4-2-3-5-12(11)19/h2-9,22H,1H3,(H,20,23). The summed E-state index contributed by atoms with van der Waals surface area (Å²) < 4.78 is 5.25. The first-order valence-corrected chi connectivity index (χ1v) is 9.21. The van der Waals surface area contributed by atoms with Gasteiger partial charge in [0.2, 0.25) is 0 Å². The number of phenols is 1. The van der Waals surface area contributed by atoms with Crippen LogP contribution in [0, 0.1) is 0 Å². The van der Waals surface area contributed by atoms with E-state index in [2.05, 4.69) is 5.43 Å². The number of hydrogen-bond acceptors (Lipinski definition) is 6. The Morgan fingerprint density at radius 2 is 2.07 bits per heavy atom. The molecular formula is C18H13ClN2O4S2. The molecule has 27 heavy (non-hydrogen) atoms. The molecule has 0 saturated carbocycles. The average molecular weight is 421 g/mol. The van der Waals surface area contributed by atoms with Gasteiger partial charge in [-0.05, 0) is 48.1 Å². The number of carbonyl (C=O) groups is 2. The normalized spacial score (nSPS) is 15.3. The predicted octanol–water partition coefficient (Wildman–Crippen LogP) is 3.60. The molecule has 1 aliphatic heterocycles. The van der Waals surface area contributed by atoms with Gasteiger partial charge in [0.05, 0.1) is 22.6 Å². The monoisotopic (exact) mass is 420 g/mol. The first kappa shape index (κ1) is 19.2. The molecule has 2 aromatic carbocycles. The number of amides is 2. The van der Waals surface area contributed by atoms with Crippen molar-refractivity contribution in [2.45, 2.75) is 0 Å². The van der Waals surface area contributed by atoms with Gasteiger partial charge in [-0.25, -0.2) is 0 Å². The lowest BCUT2D eigenvalue weighted by atomic mass is 10.2. The highest BCUT2D eigenvalue weighted by Gasteiger charge is 2.34. The maximum absolute atomic E-state index is 12.6. The number of nitrogens with one attached hydrogen (secondary N) is 1. The van der Waals surface area contributed by atoms with Crippen molar-refractivity contribution in [1.82, 2.24) is 10.4 Å². The van der Waals surface area contributed by atoms with Crippen molar-refractivity contribution in [2.75, 3.05) is 7.11 Å². The van der Waals surface area contributed by atoms with Crippen molar-refractivity contribution in [2.24, 2.45) is 0 Å². The van der Waals surface area contributed by atoms with E-state index in [1.807, 2.05) is 0 Å². The van der Waals surface area contributed by atoms with Crippen molar-refractivity contribution in [3.8, 4) is 11.5 Å². The van der Waals surface area contributed by atoms with E-state index in [1.54, 1.807) is 42.5 Å². The largest absolute Gasteiger partial charge is 0.504 e. The fraction of sp³-hybridized carbons (Fsp3) is 0.0556. The van der Waals surface area contributed by atoms with Gasteiger partial charge < -0.3 is 9.84 Å². The van der Waals surface area contributed by atoms with Gasteiger partial charge in [-0.1, -0.05) is 41.6 Å². The molecule has 0 bridgehead atoms. The number of rotatable bonds is 4. The van der Waals surface area contributed by atoms with E-state index < -0.39 is 11.8 Å². The van der Waals surface area contributed by atoms with Crippen LogP contribution in [0.2, 0.25) is 5.02 Å². The van der Waals surface area contributed by atoms with Gasteiger partial charge >= 0.3 is 0 Å². The van der Waals surface area contributed by atoms with Gasteiger partial charge in [0, 0.05) is 0 Å². The van der Waals surface area contributed by atoms with E-state index in [4.69, 9.17) is 28.6 Å². The predicted molar refractivity (Wildman–Crippen MR) is 109 cm³/mol. The van der Waals surface area contributed by atoms with Gasteiger partial charge in [-0.2, -0.15) is 5.01 Å². The summed E-state index contributed by atoms with van der Waals surface area (Å²) in [6.07, 6.45) is 1.60. The molecule has 0 unspecified atom stereocenters. The molecule has 9 heteroatoms. The number of thioether (sulfide) groups is 1. The molecule has 2 aromatic rings. The van der Waals surface area contributed by atoms with E-state index in [1.165, 1.54) is 13.2 Å². The summed E-state index contributed by atoms with van der Waals surface area (Å²) in [6.45, 7) is 0. The molecule has 1 heterocycles. The molecular weight excluding hydrogens is 408 g/mol. The van der Waals surface area contributed by atoms with E-state index >= 15 is 0 Å². The van der Waals surface area contributed by atoms with Crippen LogP contribution in [0.15, 0.2) is 47.4 Å². The topological polar surface area (TPSA) is 78.9 Å². The van der Waals surface area contributed by atoms with Crippen molar-refractivity contribution in [1.29, 1.82) is 0 Å². The first-order chi connectivity index (χ1) is 12.9. The van der Waals surface area contributed by atoms with Gasteiger partial charge in [0.1, 0.15) is 0 Å². The maximum Gasteiger partial charge on any atom is 0.285 e. The molecule has 0 aliphatic carbocycles. The fourth-order valence-corrected chi connectivity index (χ4v) is 3.71. The van der Waals surface area contributed by atoms with Gasteiger partial charge in [0.25, 0.3) is 11.8 Å². The Morgan fingerprint density at radius 1 is 1.33 bits per heavy atom. The number of phenolic OH excluding ortho intramolecular Hbond substituents is 1. The second-order valence-corrected chi connectivity index (χ2v) is 7.45. The van der Waals surface area contributed by atoms with Crippen molar-refractivity contribution >= 4 is 57.8 Å². The molecule has 0 atom stereocenters. The van der Waals surface area contributed by atoms with Crippen LogP contribution < -0.4 is 10.2 Å². The number of hydrazine groups is 1. The van der Waals surface area contributed by atoms with Gasteiger partial charge in [-0.15, -0.1) is 0 Å². The third-order valence-electron chi connectivity index (χ3n) is 3.63. The van der Waals surface area contributed by atoms with Crippen molar-refractivity contribution < 1.29 is 19.4 Å². The van der Waals surface area contributed by atoms with Crippen LogP contribution >= 0.6 is 35.6 Å². The lowest BCUT2D eigenvalue weighted by Crippen LogP contribution is -2.44. The van der Waals surface area contributed by atoms with Crippen LogP contribution in [0.1, 0.15) is 15.9 Å². The Morgan fingerprint density at radius 3 is 2.78 bits per heavy atom. The minimum atomic E-state index is -0.538. The highest BCUT2D eigenvalue weighted by atomic mass is 35.5. The van der Waals surface area contributed by atoms with Crippen LogP contribution in [0.5, 0.6) is 11.5 Å². The first-order valence-electron chi connectivity index (χ1n) is 7.61. The van der Waals surface area contributed by atoms with Crippen LogP contribution in [0.25, 0.3) is 6.08 Å². The second-order valence-electron chi connectivity index (χ2n) is 5.37. The SMILES string of the molecule is COc1cc(C=C2SC(=S)N(NC(=O)c3ccccc3Cl)C2=O)ccc1O. The molecule has 3 rings (SSSR count). The Balaban J connectivity index is 1.81. The number of benzene rings is 2. The Bertz CT molecular complexity index is 978. The minimum absolute atomic E-state index is 0.00537. The van der Waals surface area contributed by atoms with E-state index in [9.17, 15) is 14.7 Å². The molecule has 0 spiro atoms. The van der Waals surface area contributed by atoms with E-state index in [0.29, 0.717) is 10.5 Å². The number of methoxy groups -OCH3 is 1. The summed E-state index contributed by atoms with van der Waals surface area (Å²) >= 11 is 12.3. The molecule has 6 nitrogen and oxygen atoms in total. The van der Waals surface area contributed by atoms with Crippen molar-refractivity contribution in [3.05, 3.63) is 63.5 Å². The average Bonchev–Trinajstić information content (AvgIpc) is 2.91. The maximum atomic E-state index is 12.6. The molecule has 138 valence electrons. The minimum Gasteiger partial charge on any atom is -0.504 e. The summed E-state index contributed by atoms with van der Waals surface area (Å²) in [7, 11) is 1.43. The fourth-order valence-electron chi connectivity index (χ4n) is 2.31. The lowest BCUT2D eigenvalue weighted by molar-refractivity contribution is -0.123. The number of halogens is 1. The van der Waals surface area contributed by atoms with Crippen LogP contribution in [-0.4, -0.2) is 33.4 Å². The summed E-state index contributed by atoms with van der Waals surface area (Å²) in [5.41, 5.74) is 3.35. The van der Waals surface area contributed by atoms with Crippen LogP contribution in [-0.2, 0) is 4.79 Å². The molecule has 2 N–H and O–H groups in total. The highest BCUT2D eigenvalue weighted by molar-refractivity contribution is 8.26. The third kappa shape index (κ3) is 4.08. The smallest absolute Gasteiger partial charge is 0.285 e. The Labute approximate surface area is 169 Å². The summed E-state index contributed by atoms with van der Waals surface area (Å²) in [5, 5.41) is 10.9. The summed E-state index contributed by atoms with van der Waals surface area (Å²) in [5.74, 6) is -0.720. The molecule has 0 aromatic heterocycles. The molecule has 1 saturated heterocycles. The number of nitrogens with zero attached hydrogens (tertiary/aromatic N) is 1. The number of thiocarbonyl (C=S) groups is 1. The zero-order valence-corrected chi connectivity index (χ0v) is 16.3. The Kier molecular flexibility index (Phi) is 5.69. The Hall–Kier alpha value is -2.55. The van der Waals surface area contributed by atoms with Gasteiger partial charge in [-0.3, -0.25) is 15.0 Å². The quantitative estimate of drug-likeness (QED) is 0.581. The van der Waals surface area contributed by atoms with E-state index in [-0.39, 0.29) is 26.4 Å². The number of aromatic hydroxyl groups is 1. The molecule has 1 fully saturated rings. The summed E-state index contributed by atoms with van der Waals surface area (Å²) in [6, 6.07) is 11.2. The highest BCUT2D eigenvalue weighted by Crippen LogP contribution is 2.33. The van der Waals surface area contributed by atoms with E-state index in [0.717, 1.165) is 16.8 Å². The zero-order valence-electron chi connectivity index (χ0n) is 13.9. The lowest BCUT2D eigenvalue weighted by Gasteiger charge is -2.16. The molecule has 0 radical (unpaired) electrons. The zero-order chi connectivity index (χ0) is 19.6. The second kappa shape index (κ2) is 7.99. The molecule has 1 aliphatic rings. The third-order valence-corrected chi connectivity index (χ3v) is 5.26. The van der Waals surface area contributed by atoms with Crippen molar-refractivity contribution in [3.63, 3.8) is 0 Å². The number of carbonyl (C=O) groups excluding carboxylic acids is 2. The van der Waals surface area contributed by atoms with Crippen LogP contribution in [0.3, 0.4) is 0 Å².